The Morgan fingerprint density at radius 2 is 2.24 bits per heavy atom. The third-order valence-corrected chi connectivity index (χ3v) is 5.48. The molecule has 1 aromatic heterocycles. The number of carbonyl (C=O) groups excluding carboxylic acids is 1. The minimum absolute atomic E-state index is 0.0543. The highest BCUT2D eigenvalue weighted by Gasteiger charge is 2.41. The van der Waals surface area contributed by atoms with Gasteiger partial charge in [-0.05, 0) is 12.8 Å². The summed E-state index contributed by atoms with van der Waals surface area (Å²) in [5.74, 6) is 0.976. The van der Waals surface area contributed by atoms with E-state index < -0.39 is 0 Å². The van der Waals surface area contributed by atoms with Crippen LogP contribution in [0.5, 0.6) is 0 Å². The standard InChI is InChI=1S/C17H27N5O3/c23-16(20-14-1-9-25-17(11-14)2-10-24-13-17)22-7-5-21(6-8-22)12-15-18-3-4-19-15/h3-4,14H,1-2,5-13H2,(H,18,19)(H,20,23). The third-order valence-electron chi connectivity index (χ3n) is 5.48. The van der Waals surface area contributed by atoms with Crippen LogP contribution in [-0.2, 0) is 16.0 Å². The minimum atomic E-state index is -0.169. The van der Waals surface area contributed by atoms with Crippen LogP contribution in [0.25, 0.3) is 0 Å². The van der Waals surface area contributed by atoms with Gasteiger partial charge in [0.25, 0.3) is 0 Å². The SMILES string of the molecule is O=C(NC1CCOC2(CCOC2)C1)N1CCN(Cc2ncc[nH]2)CC1. The van der Waals surface area contributed by atoms with Gasteiger partial charge in [-0.25, -0.2) is 9.78 Å². The minimum Gasteiger partial charge on any atom is -0.378 e. The monoisotopic (exact) mass is 349 g/mol. The molecule has 1 aromatic rings. The molecule has 138 valence electrons. The predicted molar refractivity (Wildman–Crippen MR) is 91.1 cm³/mol. The van der Waals surface area contributed by atoms with E-state index in [0.717, 1.165) is 64.4 Å². The zero-order valence-corrected chi connectivity index (χ0v) is 14.6. The molecule has 25 heavy (non-hydrogen) atoms. The fourth-order valence-corrected chi connectivity index (χ4v) is 3.99. The van der Waals surface area contributed by atoms with Crippen LogP contribution in [0.15, 0.2) is 12.4 Å². The van der Waals surface area contributed by atoms with Crippen LogP contribution in [0.1, 0.15) is 25.1 Å². The number of piperazine rings is 1. The first-order valence-corrected chi connectivity index (χ1v) is 9.20. The molecule has 3 fully saturated rings. The second-order valence-corrected chi connectivity index (χ2v) is 7.27. The molecule has 4 heterocycles. The number of aromatic amines is 1. The Morgan fingerprint density at radius 3 is 2.96 bits per heavy atom. The smallest absolute Gasteiger partial charge is 0.317 e. The van der Waals surface area contributed by atoms with Crippen LogP contribution in [0.4, 0.5) is 4.79 Å². The molecule has 2 unspecified atom stereocenters. The van der Waals surface area contributed by atoms with Crippen molar-refractivity contribution >= 4 is 6.03 Å². The molecule has 0 aliphatic carbocycles. The summed E-state index contributed by atoms with van der Waals surface area (Å²) in [7, 11) is 0. The van der Waals surface area contributed by atoms with Crippen molar-refractivity contribution in [1.29, 1.82) is 0 Å². The van der Waals surface area contributed by atoms with Gasteiger partial charge in [0.05, 0.1) is 18.8 Å². The van der Waals surface area contributed by atoms with Crippen molar-refractivity contribution in [2.75, 3.05) is 46.0 Å². The summed E-state index contributed by atoms with van der Waals surface area (Å²) in [6.07, 6.45) is 6.29. The summed E-state index contributed by atoms with van der Waals surface area (Å²) in [5, 5.41) is 3.21. The zero-order valence-electron chi connectivity index (χ0n) is 14.6. The van der Waals surface area contributed by atoms with Crippen molar-refractivity contribution in [3.8, 4) is 0 Å². The highest BCUT2D eigenvalue weighted by molar-refractivity contribution is 5.74. The Hall–Kier alpha value is -1.64. The summed E-state index contributed by atoms with van der Waals surface area (Å²) in [4.78, 5) is 24.2. The van der Waals surface area contributed by atoms with E-state index in [1.165, 1.54) is 0 Å². The number of H-pyrrole nitrogens is 1. The number of carbonyl (C=O) groups is 1. The first-order valence-electron chi connectivity index (χ1n) is 9.20. The van der Waals surface area contributed by atoms with Gasteiger partial charge in [-0.2, -0.15) is 0 Å². The Morgan fingerprint density at radius 1 is 1.36 bits per heavy atom. The number of ether oxygens (including phenoxy) is 2. The largest absolute Gasteiger partial charge is 0.378 e. The van der Waals surface area contributed by atoms with Gasteiger partial charge in [0.2, 0.25) is 0 Å². The molecule has 0 aromatic carbocycles. The molecule has 0 bridgehead atoms. The molecule has 3 saturated heterocycles. The molecule has 2 N–H and O–H groups in total. The maximum atomic E-state index is 12.6. The van der Waals surface area contributed by atoms with Crippen LogP contribution in [0.2, 0.25) is 0 Å². The van der Waals surface area contributed by atoms with Gasteiger partial charge in [0.1, 0.15) is 5.82 Å². The van der Waals surface area contributed by atoms with Crippen molar-refractivity contribution in [2.24, 2.45) is 0 Å². The van der Waals surface area contributed by atoms with E-state index >= 15 is 0 Å². The van der Waals surface area contributed by atoms with Crippen molar-refractivity contribution in [2.45, 2.75) is 37.5 Å². The molecular weight excluding hydrogens is 322 g/mol. The van der Waals surface area contributed by atoms with Gasteiger partial charge in [-0.1, -0.05) is 0 Å². The normalized spacial score (nSPS) is 30.7. The summed E-state index contributed by atoms with van der Waals surface area (Å²) in [5.41, 5.74) is -0.169. The highest BCUT2D eigenvalue weighted by atomic mass is 16.6. The number of aromatic nitrogens is 2. The van der Waals surface area contributed by atoms with E-state index in [0.29, 0.717) is 13.2 Å². The maximum Gasteiger partial charge on any atom is 0.317 e. The number of urea groups is 1. The number of hydrogen-bond acceptors (Lipinski definition) is 5. The molecule has 2 atom stereocenters. The van der Waals surface area contributed by atoms with Gasteiger partial charge in [-0.3, -0.25) is 4.90 Å². The lowest BCUT2D eigenvalue weighted by Gasteiger charge is -2.39. The van der Waals surface area contributed by atoms with Crippen molar-refractivity contribution < 1.29 is 14.3 Å². The molecular formula is C17H27N5O3. The van der Waals surface area contributed by atoms with Crippen LogP contribution >= 0.6 is 0 Å². The predicted octanol–water partition coefficient (Wildman–Crippen LogP) is 0.575. The van der Waals surface area contributed by atoms with E-state index in [-0.39, 0.29) is 17.7 Å². The van der Waals surface area contributed by atoms with Crippen molar-refractivity contribution in [1.82, 2.24) is 25.1 Å². The highest BCUT2D eigenvalue weighted by Crippen LogP contribution is 2.32. The quantitative estimate of drug-likeness (QED) is 0.834. The molecule has 2 amide bonds. The number of imidazole rings is 1. The van der Waals surface area contributed by atoms with Crippen LogP contribution < -0.4 is 5.32 Å². The molecule has 0 radical (unpaired) electrons. The first-order chi connectivity index (χ1) is 12.2. The maximum absolute atomic E-state index is 12.6. The molecule has 1 spiro atoms. The Bertz CT molecular complexity index is 565. The van der Waals surface area contributed by atoms with Crippen molar-refractivity contribution in [3.63, 3.8) is 0 Å². The molecule has 8 nitrogen and oxygen atoms in total. The van der Waals surface area contributed by atoms with Gasteiger partial charge in [-0.15, -0.1) is 0 Å². The van der Waals surface area contributed by atoms with Crippen LogP contribution in [0, 0.1) is 0 Å². The average Bonchev–Trinajstić information content (AvgIpc) is 3.28. The first kappa shape index (κ1) is 16.8. The summed E-state index contributed by atoms with van der Waals surface area (Å²) >= 11 is 0. The summed E-state index contributed by atoms with van der Waals surface area (Å²) < 4.78 is 11.4. The van der Waals surface area contributed by atoms with Gasteiger partial charge in [0, 0.05) is 64.2 Å². The zero-order chi connectivity index (χ0) is 17.1. The van der Waals surface area contributed by atoms with E-state index in [4.69, 9.17) is 9.47 Å². The fourth-order valence-electron chi connectivity index (χ4n) is 3.99. The van der Waals surface area contributed by atoms with Gasteiger partial charge < -0.3 is 24.7 Å². The molecule has 0 saturated carbocycles. The van der Waals surface area contributed by atoms with Crippen LogP contribution in [-0.4, -0.2) is 83.4 Å². The fraction of sp³-hybridized carbons (Fsp3) is 0.765. The Balaban J connectivity index is 1.23. The summed E-state index contributed by atoms with van der Waals surface area (Å²) in [6.45, 7) is 6.19. The number of amides is 2. The Labute approximate surface area is 147 Å². The lowest BCUT2D eigenvalue weighted by molar-refractivity contribution is -0.0882. The molecule has 3 aliphatic heterocycles. The lowest BCUT2D eigenvalue weighted by atomic mass is 9.90. The van der Waals surface area contributed by atoms with E-state index in [1.807, 2.05) is 11.1 Å². The molecule has 4 rings (SSSR count). The number of hydrogen-bond donors (Lipinski definition) is 2. The molecule has 3 aliphatic rings. The molecule has 8 heteroatoms. The number of rotatable bonds is 3. The number of nitrogens with one attached hydrogen (secondary N) is 2. The topological polar surface area (TPSA) is 82.7 Å². The van der Waals surface area contributed by atoms with E-state index in [2.05, 4.69) is 20.2 Å². The second-order valence-electron chi connectivity index (χ2n) is 7.27. The third kappa shape index (κ3) is 3.96. The van der Waals surface area contributed by atoms with Crippen LogP contribution in [0.3, 0.4) is 0 Å². The number of nitrogens with zero attached hydrogens (tertiary/aromatic N) is 3. The Kier molecular flexibility index (Phi) is 4.91. The van der Waals surface area contributed by atoms with Gasteiger partial charge >= 0.3 is 6.03 Å². The van der Waals surface area contributed by atoms with E-state index in [9.17, 15) is 4.79 Å². The van der Waals surface area contributed by atoms with E-state index in [1.54, 1.807) is 6.20 Å². The van der Waals surface area contributed by atoms with Crippen molar-refractivity contribution in [3.05, 3.63) is 18.2 Å². The average molecular weight is 349 g/mol. The lowest BCUT2D eigenvalue weighted by Crippen LogP contribution is -2.55. The van der Waals surface area contributed by atoms with Gasteiger partial charge in [0.15, 0.2) is 0 Å². The second kappa shape index (κ2) is 7.31. The summed E-state index contributed by atoms with van der Waals surface area (Å²) in [6, 6.07) is 0.239.